The van der Waals surface area contributed by atoms with Gasteiger partial charge in [0, 0.05) is 12.8 Å². The molecule has 2 fully saturated rings. The number of ketones is 1. The highest BCUT2D eigenvalue weighted by Crippen LogP contribution is 2.31. The van der Waals surface area contributed by atoms with Gasteiger partial charge in [-0.1, -0.05) is 0 Å². The van der Waals surface area contributed by atoms with Crippen molar-refractivity contribution in [3.63, 3.8) is 0 Å². The first-order chi connectivity index (χ1) is 7.42. The van der Waals surface area contributed by atoms with Gasteiger partial charge in [-0.15, -0.1) is 0 Å². The number of fused-ring (bicyclic) bond motifs is 1. The first-order valence-electron chi connectivity index (χ1n) is 5.76. The van der Waals surface area contributed by atoms with Gasteiger partial charge in [-0.2, -0.15) is 0 Å². The van der Waals surface area contributed by atoms with Gasteiger partial charge in [-0.3, -0.25) is 9.59 Å². The third kappa shape index (κ3) is 4.31. The normalized spacial score (nSPS) is 28.1. The Hall–Kier alpha value is -0.900. The van der Waals surface area contributed by atoms with Crippen molar-refractivity contribution in [2.45, 2.75) is 39.2 Å². The number of Topliss-reactive ketones (excluding diaryl/α,β-unsaturated/α-hetero) is 1. The number of hydrogen-bond acceptors (Lipinski definition) is 4. The number of carbonyl (C=O) groups excluding carboxylic acids is 2. The topological polar surface area (TPSA) is 55.4 Å². The van der Waals surface area contributed by atoms with E-state index in [2.05, 4.69) is 10.1 Å². The predicted octanol–water partition coefficient (Wildman–Crippen LogP) is 1.14. The molecule has 4 heteroatoms. The fraction of sp³-hybridized carbons (Fsp3) is 0.833. The average molecular weight is 227 g/mol. The summed E-state index contributed by atoms with van der Waals surface area (Å²) in [5.41, 5.74) is -0.318. The number of carbonyl (C=O) groups is 2. The molecule has 4 nitrogen and oxygen atoms in total. The predicted molar refractivity (Wildman–Crippen MR) is 61.0 cm³/mol. The Kier molecular flexibility index (Phi) is 4.47. The zero-order valence-corrected chi connectivity index (χ0v) is 10.3. The zero-order chi connectivity index (χ0) is 12.2. The Bertz CT molecular complexity index is 243. The van der Waals surface area contributed by atoms with Gasteiger partial charge in [-0.05, 0) is 45.7 Å². The summed E-state index contributed by atoms with van der Waals surface area (Å²) in [4.78, 5) is 20.4. The Morgan fingerprint density at radius 2 is 1.75 bits per heavy atom. The summed E-state index contributed by atoms with van der Waals surface area (Å²) in [6.45, 7) is 8.08. The van der Waals surface area contributed by atoms with Crippen LogP contribution in [0.3, 0.4) is 0 Å². The first-order valence-corrected chi connectivity index (χ1v) is 5.76. The van der Waals surface area contributed by atoms with Crippen LogP contribution in [0, 0.1) is 11.8 Å². The summed E-state index contributed by atoms with van der Waals surface area (Å²) in [7, 11) is 0. The van der Waals surface area contributed by atoms with Gasteiger partial charge >= 0.3 is 0 Å². The van der Waals surface area contributed by atoms with E-state index in [1.807, 2.05) is 20.8 Å². The van der Waals surface area contributed by atoms with Gasteiger partial charge in [0.05, 0.1) is 0 Å². The van der Waals surface area contributed by atoms with Crippen molar-refractivity contribution >= 4 is 12.3 Å². The average Bonchev–Trinajstić information content (AvgIpc) is 2.61. The van der Waals surface area contributed by atoms with Gasteiger partial charge < -0.3 is 10.1 Å². The maximum Gasteiger partial charge on any atom is 0.293 e. The molecule has 0 radical (unpaired) electrons. The molecular formula is C12H21NO3. The fourth-order valence-corrected chi connectivity index (χ4v) is 2.08. The van der Waals surface area contributed by atoms with Crippen LogP contribution in [0.1, 0.15) is 33.6 Å². The Labute approximate surface area is 96.7 Å². The van der Waals surface area contributed by atoms with E-state index in [1.54, 1.807) is 0 Å². The van der Waals surface area contributed by atoms with Crippen LogP contribution in [-0.2, 0) is 14.3 Å². The molecule has 1 saturated heterocycles. The molecule has 0 aromatic rings. The highest BCUT2D eigenvalue weighted by atomic mass is 16.5. The standard InChI is InChI=1S/C7H11NO.C5H10O2/c9-7-1-5-3-8-4-6(5)2-7;1-5(2,3)7-4-6/h5-6,8H,1-4H2;4H,1-3H3/t5-,6+;. The van der Waals surface area contributed by atoms with Crippen LogP contribution in [-0.4, -0.2) is 30.9 Å². The molecule has 2 aliphatic rings. The molecule has 1 heterocycles. The highest BCUT2D eigenvalue weighted by Gasteiger charge is 2.35. The van der Waals surface area contributed by atoms with Crippen molar-refractivity contribution in [1.82, 2.24) is 5.32 Å². The third-order valence-electron chi connectivity index (χ3n) is 2.86. The monoisotopic (exact) mass is 227 g/mol. The van der Waals surface area contributed by atoms with Crippen LogP contribution in [0.25, 0.3) is 0 Å². The number of ether oxygens (including phenoxy) is 1. The molecule has 0 amide bonds. The van der Waals surface area contributed by atoms with Crippen molar-refractivity contribution in [2.75, 3.05) is 13.1 Å². The summed E-state index contributed by atoms with van der Waals surface area (Å²) < 4.78 is 4.55. The molecule has 1 aliphatic carbocycles. The lowest BCUT2D eigenvalue weighted by atomic mass is 10.0. The maximum absolute atomic E-state index is 10.8. The van der Waals surface area contributed by atoms with Crippen LogP contribution in [0.15, 0.2) is 0 Å². The molecule has 1 saturated carbocycles. The smallest absolute Gasteiger partial charge is 0.293 e. The van der Waals surface area contributed by atoms with E-state index in [4.69, 9.17) is 0 Å². The van der Waals surface area contributed by atoms with Crippen LogP contribution in [0.5, 0.6) is 0 Å². The molecule has 16 heavy (non-hydrogen) atoms. The second-order valence-corrected chi connectivity index (χ2v) is 5.45. The van der Waals surface area contributed by atoms with E-state index in [9.17, 15) is 9.59 Å². The van der Waals surface area contributed by atoms with Crippen molar-refractivity contribution in [3.8, 4) is 0 Å². The second kappa shape index (κ2) is 5.43. The Morgan fingerprint density at radius 1 is 1.25 bits per heavy atom. The van der Waals surface area contributed by atoms with Crippen LogP contribution in [0.4, 0.5) is 0 Å². The minimum absolute atomic E-state index is 0.318. The lowest BCUT2D eigenvalue weighted by molar-refractivity contribution is -0.138. The number of rotatable bonds is 1. The quantitative estimate of drug-likeness (QED) is 0.683. The molecule has 92 valence electrons. The summed E-state index contributed by atoms with van der Waals surface area (Å²) in [6.07, 6.45) is 1.69. The minimum atomic E-state index is -0.318. The summed E-state index contributed by atoms with van der Waals surface area (Å²) >= 11 is 0. The van der Waals surface area contributed by atoms with E-state index < -0.39 is 0 Å². The first kappa shape index (κ1) is 13.2. The van der Waals surface area contributed by atoms with Gasteiger partial charge in [-0.25, -0.2) is 0 Å². The van der Waals surface area contributed by atoms with Crippen molar-refractivity contribution in [1.29, 1.82) is 0 Å². The van der Waals surface area contributed by atoms with E-state index >= 15 is 0 Å². The van der Waals surface area contributed by atoms with E-state index in [-0.39, 0.29) is 5.60 Å². The SMILES string of the molecule is CC(C)(C)OC=O.O=C1C[C@H]2CNC[C@H]2C1. The third-order valence-corrected chi connectivity index (χ3v) is 2.86. The number of nitrogens with one attached hydrogen (secondary N) is 1. The van der Waals surface area contributed by atoms with Crippen LogP contribution < -0.4 is 5.32 Å². The van der Waals surface area contributed by atoms with E-state index in [0.717, 1.165) is 25.9 Å². The van der Waals surface area contributed by atoms with Gasteiger partial charge in [0.2, 0.25) is 0 Å². The molecule has 1 N–H and O–H groups in total. The summed E-state index contributed by atoms with van der Waals surface area (Å²) in [5, 5.41) is 3.29. The molecule has 0 aromatic carbocycles. The lowest BCUT2D eigenvalue weighted by Gasteiger charge is -2.14. The number of hydrogen-bond donors (Lipinski definition) is 1. The zero-order valence-electron chi connectivity index (χ0n) is 10.3. The summed E-state index contributed by atoms with van der Waals surface area (Å²) in [5.74, 6) is 1.86. The van der Waals surface area contributed by atoms with Crippen LogP contribution >= 0.6 is 0 Å². The van der Waals surface area contributed by atoms with E-state index in [0.29, 0.717) is 24.1 Å². The molecular weight excluding hydrogens is 206 g/mol. The second-order valence-electron chi connectivity index (χ2n) is 5.45. The van der Waals surface area contributed by atoms with Gasteiger partial charge in [0.1, 0.15) is 11.4 Å². The fourth-order valence-electron chi connectivity index (χ4n) is 2.08. The van der Waals surface area contributed by atoms with Crippen molar-refractivity contribution in [3.05, 3.63) is 0 Å². The Morgan fingerprint density at radius 3 is 2.06 bits per heavy atom. The highest BCUT2D eigenvalue weighted by molar-refractivity contribution is 5.81. The largest absolute Gasteiger partial charge is 0.462 e. The molecule has 2 rings (SSSR count). The van der Waals surface area contributed by atoms with E-state index in [1.165, 1.54) is 0 Å². The molecule has 0 bridgehead atoms. The minimum Gasteiger partial charge on any atom is -0.462 e. The van der Waals surface area contributed by atoms with Crippen molar-refractivity contribution < 1.29 is 14.3 Å². The lowest BCUT2D eigenvalue weighted by Crippen LogP contribution is -2.17. The molecule has 1 aliphatic heterocycles. The molecule has 0 spiro atoms. The van der Waals surface area contributed by atoms with Gasteiger partial charge in [0.25, 0.3) is 6.47 Å². The summed E-state index contributed by atoms with van der Waals surface area (Å²) in [6, 6.07) is 0. The van der Waals surface area contributed by atoms with Gasteiger partial charge in [0.15, 0.2) is 0 Å². The Balaban J connectivity index is 0.000000168. The van der Waals surface area contributed by atoms with Crippen LogP contribution in [0.2, 0.25) is 0 Å². The molecule has 0 unspecified atom stereocenters. The maximum atomic E-state index is 10.8. The van der Waals surface area contributed by atoms with Crippen molar-refractivity contribution in [2.24, 2.45) is 11.8 Å². The molecule has 2 atom stereocenters. The molecule has 0 aromatic heterocycles.